The minimum atomic E-state index is -4.80. The summed E-state index contributed by atoms with van der Waals surface area (Å²) in [6.07, 6.45) is -2.59. The van der Waals surface area contributed by atoms with Crippen molar-refractivity contribution in [2.24, 2.45) is 7.05 Å². The number of halogens is 3. The normalized spacial score (nSPS) is 18.2. The van der Waals surface area contributed by atoms with Crippen LogP contribution in [0.1, 0.15) is 31.9 Å². The molecule has 6 nitrogen and oxygen atoms in total. The molecule has 9 heteroatoms. The fourth-order valence-electron chi connectivity index (χ4n) is 4.28. The Morgan fingerprint density at radius 1 is 1.19 bits per heavy atom. The third-order valence-electron chi connectivity index (χ3n) is 5.58. The number of fused-ring (bicyclic) bond motifs is 1. The summed E-state index contributed by atoms with van der Waals surface area (Å²) in [5.74, 6) is -0.391. The van der Waals surface area contributed by atoms with Crippen LogP contribution >= 0.6 is 0 Å². The van der Waals surface area contributed by atoms with Gasteiger partial charge in [0.05, 0.1) is 17.4 Å². The third-order valence-corrected chi connectivity index (χ3v) is 5.58. The number of carbonyl (C=O) groups is 1. The molecule has 1 amide bonds. The van der Waals surface area contributed by atoms with Crippen LogP contribution in [0.5, 0.6) is 5.75 Å². The Labute approximate surface area is 183 Å². The molecule has 2 aromatic carbocycles. The molecule has 2 unspecified atom stereocenters. The van der Waals surface area contributed by atoms with Crippen LogP contribution in [-0.2, 0) is 11.8 Å². The molecule has 32 heavy (non-hydrogen) atoms. The summed E-state index contributed by atoms with van der Waals surface area (Å²) in [6, 6.07) is 13.1. The Bertz CT molecular complexity index is 1140. The first kappa shape index (κ1) is 21.7. The lowest BCUT2D eigenvalue weighted by molar-refractivity contribution is -0.274. The number of anilines is 2. The number of hydrogen-bond acceptors (Lipinski definition) is 4. The minimum absolute atomic E-state index is 0.0914. The van der Waals surface area contributed by atoms with Crippen LogP contribution in [0, 0.1) is 0 Å². The quantitative estimate of drug-likeness (QED) is 0.595. The number of para-hydroxylation sites is 2. The minimum Gasteiger partial charge on any atom is -0.404 e. The molecule has 1 aliphatic heterocycles. The van der Waals surface area contributed by atoms with Gasteiger partial charge in [0, 0.05) is 37.5 Å². The zero-order valence-corrected chi connectivity index (χ0v) is 17.8. The lowest BCUT2D eigenvalue weighted by Crippen LogP contribution is -2.43. The molecule has 2 atom stereocenters. The molecule has 0 aliphatic carbocycles. The number of alkyl halides is 3. The van der Waals surface area contributed by atoms with E-state index in [1.54, 1.807) is 27.9 Å². The molecule has 1 N–H and O–H groups in total. The average molecular weight is 444 g/mol. The van der Waals surface area contributed by atoms with Crippen LogP contribution in [-0.4, -0.2) is 28.1 Å². The van der Waals surface area contributed by atoms with Crippen molar-refractivity contribution >= 4 is 17.3 Å². The average Bonchev–Trinajstić information content (AvgIpc) is 3.13. The number of nitrogens with one attached hydrogen (secondary N) is 1. The molecule has 0 spiro atoms. The van der Waals surface area contributed by atoms with Crippen LogP contribution in [0.2, 0.25) is 0 Å². The van der Waals surface area contributed by atoms with Crippen molar-refractivity contribution in [1.29, 1.82) is 0 Å². The van der Waals surface area contributed by atoms with Crippen molar-refractivity contribution in [3.63, 3.8) is 0 Å². The molecule has 0 saturated carbocycles. The summed E-state index contributed by atoms with van der Waals surface area (Å²) < 4.78 is 44.6. The Kier molecular flexibility index (Phi) is 5.58. The molecule has 168 valence electrons. The Morgan fingerprint density at radius 2 is 1.94 bits per heavy atom. The standard InChI is InChI=1S/C23H23F3N4O2/c1-14-12-19(28-18-6-4-5-7-22(18)32-23(24,25)26)17-13-16(20-10-11-27-29(20)3)8-9-21(17)30(14)15(2)31/h4-11,13-14,19,28H,12H2,1-3H3. The van der Waals surface area contributed by atoms with Gasteiger partial charge in [-0.1, -0.05) is 18.2 Å². The van der Waals surface area contributed by atoms with E-state index in [4.69, 9.17) is 0 Å². The summed E-state index contributed by atoms with van der Waals surface area (Å²) >= 11 is 0. The number of aryl methyl sites for hydroxylation is 1. The van der Waals surface area contributed by atoms with E-state index in [9.17, 15) is 18.0 Å². The Balaban J connectivity index is 1.77. The second-order valence-electron chi connectivity index (χ2n) is 7.83. The molecule has 0 bridgehead atoms. The van der Waals surface area contributed by atoms with Gasteiger partial charge in [-0.05, 0) is 49.2 Å². The summed E-state index contributed by atoms with van der Waals surface area (Å²) in [6.45, 7) is 3.43. The molecule has 0 radical (unpaired) electrons. The summed E-state index contributed by atoms with van der Waals surface area (Å²) in [5, 5.41) is 7.43. The second kappa shape index (κ2) is 8.22. The molecule has 3 aromatic rings. The maximum atomic E-state index is 12.9. The van der Waals surface area contributed by atoms with E-state index in [2.05, 4.69) is 15.2 Å². The monoisotopic (exact) mass is 444 g/mol. The van der Waals surface area contributed by atoms with E-state index in [0.717, 1.165) is 22.5 Å². The molecule has 1 aromatic heterocycles. The fraction of sp³-hybridized carbons (Fsp3) is 0.304. The van der Waals surface area contributed by atoms with Crippen molar-refractivity contribution in [2.45, 2.75) is 38.7 Å². The number of hydrogen-bond donors (Lipinski definition) is 1. The number of nitrogens with zero attached hydrogens (tertiary/aromatic N) is 3. The number of aromatic nitrogens is 2. The van der Waals surface area contributed by atoms with Crippen molar-refractivity contribution in [1.82, 2.24) is 9.78 Å². The van der Waals surface area contributed by atoms with Crippen LogP contribution < -0.4 is 15.0 Å². The van der Waals surface area contributed by atoms with Gasteiger partial charge >= 0.3 is 6.36 Å². The lowest BCUT2D eigenvalue weighted by atomic mass is 9.89. The van der Waals surface area contributed by atoms with Gasteiger partial charge in [0.2, 0.25) is 5.91 Å². The highest BCUT2D eigenvalue weighted by Crippen LogP contribution is 2.42. The molecule has 0 fully saturated rings. The second-order valence-corrected chi connectivity index (χ2v) is 7.83. The fourth-order valence-corrected chi connectivity index (χ4v) is 4.28. The van der Waals surface area contributed by atoms with E-state index in [1.807, 2.05) is 38.2 Å². The van der Waals surface area contributed by atoms with Crippen LogP contribution in [0.3, 0.4) is 0 Å². The van der Waals surface area contributed by atoms with E-state index in [-0.39, 0.29) is 29.4 Å². The summed E-state index contributed by atoms with van der Waals surface area (Å²) in [7, 11) is 1.83. The van der Waals surface area contributed by atoms with Crippen molar-refractivity contribution < 1.29 is 22.7 Å². The number of ether oxygens (including phenoxy) is 1. The highest BCUT2D eigenvalue weighted by atomic mass is 19.4. The molecule has 1 aliphatic rings. The Morgan fingerprint density at radius 3 is 2.59 bits per heavy atom. The van der Waals surface area contributed by atoms with Gasteiger partial charge in [-0.2, -0.15) is 5.10 Å². The molecule has 0 saturated heterocycles. The van der Waals surface area contributed by atoms with Crippen LogP contribution in [0.15, 0.2) is 54.7 Å². The summed E-state index contributed by atoms with van der Waals surface area (Å²) in [5.41, 5.74) is 3.57. The predicted molar refractivity (Wildman–Crippen MR) is 115 cm³/mol. The SMILES string of the molecule is CC(=O)N1c2ccc(-c3ccnn3C)cc2C(Nc2ccccc2OC(F)(F)F)CC1C. The van der Waals surface area contributed by atoms with Gasteiger partial charge in [0.15, 0.2) is 5.75 Å². The number of carbonyl (C=O) groups excluding carboxylic acids is 1. The van der Waals surface area contributed by atoms with Gasteiger partial charge in [0.1, 0.15) is 0 Å². The van der Waals surface area contributed by atoms with Crippen molar-refractivity contribution in [3.8, 4) is 17.0 Å². The van der Waals surface area contributed by atoms with Gasteiger partial charge in [-0.3, -0.25) is 9.48 Å². The highest BCUT2D eigenvalue weighted by molar-refractivity contribution is 5.94. The molecular formula is C23H23F3N4O2. The zero-order chi connectivity index (χ0) is 23.0. The molecule has 2 heterocycles. The van der Waals surface area contributed by atoms with Crippen molar-refractivity contribution in [2.75, 3.05) is 10.2 Å². The first-order chi connectivity index (χ1) is 15.1. The number of benzene rings is 2. The summed E-state index contributed by atoms with van der Waals surface area (Å²) in [4.78, 5) is 14.1. The third kappa shape index (κ3) is 4.28. The topological polar surface area (TPSA) is 59.4 Å². The zero-order valence-electron chi connectivity index (χ0n) is 17.8. The van der Waals surface area contributed by atoms with Gasteiger partial charge in [-0.15, -0.1) is 13.2 Å². The van der Waals surface area contributed by atoms with Gasteiger partial charge in [0.25, 0.3) is 0 Å². The van der Waals surface area contributed by atoms with Gasteiger partial charge < -0.3 is 15.0 Å². The van der Waals surface area contributed by atoms with Gasteiger partial charge in [-0.25, -0.2) is 0 Å². The van der Waals surface area contributed by atoms with E-state index >= 15 is 0 Å². The predicted octanol–water partition coefficient (Wildman–Crippen LogP) is 5.28. The van der Waals surface area contributed by atoms with Crippen molar-refractivity contribution in [3.05, 3.63) is 60.3 Å². The molecule has 4 rings (SSSR count). The van der Waals surface area contributed by atoms with Crippen LogP contribution in [0.4, 0.5) is 24.5 Å². The maximum absolute atomic E-state index is 12.9. The molecular weight excluding hydrogens is 421 g/mol. The first-order valence-electron chi connectivity index (χ1n) is 10.2. The van der Waals surface area contributed by atoms with Crippen LogP contribution in [0.25, 0.3) is 11.3 Å². The first-order valence-corrected chi connectivity index (χ1v) is 10.2. The number of amides is 1. The van der Waals surface area contributed by atoms with E-state index in [0.29, 0.717) is 6.42 Å². The lowest BCUT2D eigenvalue weighted by Gasteiger charge is -2.40. The maximum Gasteiger partial charge on any atom is 0.573 e. The van der Waals surface area contributed by atoms with E-state index in [1.165, 1.54) is 19.1 Å². The number of rotatable bonds is 4. The highest BCUT2D eigenvalue weighted by Gasteiger charge is 2.35. The van der Waals surface area contributed by atoms with E-state index < -0.39 is 6.36 Å². The Hall–Kier alpha value is -3.49. The smallest absolute Gasteiger partial charge is 0.404 e. The largest absolute Gasteiger partial charge is 0.573 e.